The van der Waals surface area contributed by atoms with E-state index in [9.17, 15) is 22.8 Å². The van der Waals surface area contributed by atoms with Crippen molar-refractivity contribution in [2.45, 2.75) is 63.9 Å². The summed E-state index contributed by atoms with van der Waals surface area (Å²) < 4.78 is 42.1. The van der Waals surface area contributed by atoms with Gasteiger partial charge in [-0.15, -0.1) is 0 Å². The first kappa shape index (κ1) is 16.9. The minimum absolute atomic E-state index is 0.00682. The molecule has 2 rings (SSSR count). The van der Waals surface area contributed by atoms with Crippen molar-refractivity contribution in [2.24, 2.45) is 5.92 Å². The Bertz CT molecular complexity index is 459. The van der Waals surface area contributed by atoms with E-state index in [1.807, 2.05) is 5.32 Å². The van der Waals surface area contributed by atoms with Crippen LogP contribution in [-0.2, 0) is 9.53 Å². The van der Waals surface area contributed by atoms with Crippen molar-refractivity contribution in [3.8, 4) is 0 Å². The Balaban J connectivity index is 2.02. The number of fused-ring (bicyclic) bond motifs is 2. The Kier molecular flexibility index (Phi) is 4.32. The maximum atomic E-state index is 12.3. The van der Waals surface area contributed by atoms with Gasteiger partial charge in [0.25, 0.3) is 0 Å². The standard InChI is InChI=1S/C14H21F3N2O3/c1-13(2,3)22-12(21)19-9-5-4-8(6-9)10(19)7-18-11(20)14(15,16)17/h8-10H,4-7H2,1-3H3,(H,18,20). The van der Waals surface area contributed by atoms with E-state index in [1.54, 1.807) is 20.8 Å². The van der Waals surface area contributed by atoms with Crippen LogP contribution in [0.5, 0.6) is 0 Å². The molecule has 2 bridgehead atoms. The Morgan fingerprint density at radius 2 is 1.86 bits per heavy atom. The van der Waals surface area contributed by atoms with Crippen LogP contribution in [0.3, 0.4) is 0 Å². The van der Waals surface area contributed by atoms with Gasteiger partial charge in [0.1, 0.15) is 5.60 Å². The van der Waals surface area contributed by atoms with Crippen molar-refractivity contribution < 1.29 is 27.5 Å². The lowest BCUT2D eigenvalue weighted by Gasteiger charge is -2.36. The van der Waals surface area contributed by atoms with Crippen molar-refractivity contribution in [1.82, 2.24) is 10.2 Å². The first-order valence-electron chi connectivity index (χ1n) is 7.35. The number of nitrogens with one attached hydrogen (secondary N) is 1. The number of ether oxygens (including phenoxy) is 1. The molecule has 1 aliphatic heterocycles. The predicted molar refractivity (Wildman–Crippen MR) is 72.1 cm³/mol. The average Bonchev–Trinajstić information content (AvgIpc) is 2.92. The Morgan fingerprint density at radius 1 is 1.23 bits per heavy atom. The molecule has 5 nitrogen and oxygen atoms in total. The minimum atomic E-state index is -4.91. The SMILES string of the molecule is CC(C)(C)OC(=O)N1C2CCC(C2)C1CNC(=O)C(F)(F)F. The zero-order valence-corrected chi connectivity index (χ0v) is 12.9. The van der Waals surface area contributed by atoms with Crippen LogP contribution in [0.1, 0.15) is 40.0 Å². The topological polar surface area (TPSA) is 58.6 Å². The van der Waals surface area contributed by atoms with Crippen LogP contribution in [0.15, 0.2) is 0 Å². The minimum Gasteiger partial charge on any atom is -0.444 e. The van der Waals surface area contributed by atoms with E-state index in [4.69, 9.17) is 4.74 Å². The summed E-state index contributed by atoms with van der Waals surface area (Å²) >= 11 is 0. The van der Waals surface area contributed by atoms with E-state index in [0.29, 0.717) is 0 Å². The second kappa shape index (κ2) is 5.62. The summed E-state index contributed by atoms with van der Waals surface area (Å²) in [5.41, 5.74) is -0.668. The van der Waals surface area contributed by atoms with E-state index < -0.39 is 29.8 Å². The maximum absolute atomic E-state index is 12.3. The van der Waals surface area contributed by atoms with Gasteiger partial charge < -0.3 is 15.0 Å². The van der Waals surface area contributed by atoms with Crippen molar-refractivity contribution in [3.05, 3.63) is 0 Å². The Morgan fingerprint density at radius 3 is 2.41 bits per heavy atom. The molecule has 2 amide bonds. The Labute approximate surface area is 127 Å². The molecule has 3 atom stereocenters. The van der Waals surface area contributed by atoms with Gasteiger partial charge in [-0.1, -0.05) is 0 Å². The number of nitrogens with zero attached hydrogens (tertiary/aromatic N) is 1. The highest BCUT2D eigenvalue weighted by Gasteiger charge is 2.50. The number of amides is 2. The number of rotatable bonds is 2. The maximum Gasteiger partial charge on any atom is 0.471 e. The number of hydrogen-bond donors (Lipinski definition) is 1. The molecule has 2 aliphatic rings. The second-order valence-electron chi connectivity index (χ2n) is 6.89. The molecule has 0 aromatic heterocycles. The van der Waals surface area contributed by atoms with Gasteiger partial charge in [0, 0.05) is 12.6 Å². The first-order valence-corrected chi connectivity index (χ1v) is 7.35. The average molecular weight is 322 g/mol. The third-order valence-electron chi connectivity index (χ3n) is 4.07. The van der Waals surface area contributed by atoms with Crippen molar-refractivity contribution in [2.75, 3.05) is 6.54 Å². The van der Waals surface area contributed by atoms with Gasteiger partial charge in [-0.25, -0.2) is 4.79 Å². The molecule has 1 saturated heterocycles. The van der Waals surface area contributed by atoms with Crippen LogP contribution in [-0.4, -0.2) is 47.3 Å². The fourth-order valence-corrected chi connectivity index (χ4v) is 3.25. The molecule has 0 spiro atoms. The predicted octanol–water partition coefficient (Wildman–Crippen LogP) is 2.45. The molecule has 8 heteroatoms. The zero-order valence-electron chi connectivity index (χ0n) is 12.9. The summed E-state index contributed by atoms with van der Waals surface area (Å²) in [6.45, 7) is 5.01. The summed E-state index contributed by atoms with van der Waals surface area (Å²) in [5.74, 6) is -1.86. The summed E-state index contributed by atoms with van der Waals surface area (Å²) in [6, 6.07) is -0.437. The molecule has 3 unspecified atom stereocenters. The molecule has 0 radical (unpaired) electrons. The molecule has 1 heterocycles. The summed E-state index contributed by atoms with van der Waals surface area (Å²) in [4.78, 5) is 24.7. The first-order chi connectivity index (χ1) is 9.99. The number of carbonyl (C=O) groups is 2. The van der Waals surface area contributed by atoms with E-state index in [0.717, 1.165) is 19.3 Å². The molecule has 0 aromatic rings. The lowest BCUT2D eigenvalue weighted by Crippen LogP contribution is -2.52. The molecule has 22 heavy (non-hydrogen) atoms. The molecular weight excluding hydrogens is 301 g/mol. The fraction of sp³-hybridized carbons (Fsp3) is 0.857. The normalized spacial score (nSPS) is 27.9. The van der Waals surface area contributed by atoms with Gasteiger partial charge in [-0.05, 0) is 46.0 Å². The molecule has 1 N–H and O–H groups in total. The van der Waals surface area contributed by atoms with Gasteiger partial charge in [0.2, 0.25) is 0 Å². The van der Waals surface area contributed by atoms with E-state index in [-0.39, 0.29) is 18.5 Å². The number of carbonyl (C=O) groups excluding carboxylic acids is 2. The van der Waals surface area contributed by atoms with Gasteiger partial charge in [-0.3, -0.25) is 4.79 Å². The van der Waals surface area contributed by atoms with Gasteiger partial charge in [-0.2, -0.15) is 13.2 Å². The van der Waals surface area contributed by atoms with Gasteiger partial charge >= 0.3 is 18.2 Å². The molecule has 1 saturated carbocycles. The number of likely N-dealkylation sites (tertiary alicyclic amines) is 1. The highest BCUT2D eigenvalue weighted by Crippen LogP contribution is 2.42. The third-order valence-corrected chi connectivity index (χ3v) is 4.07. The van der Waals surface area contributed by atoms with E-state index in [1.165, 1.54) is 4.90 Å². The number of halogens is 3. The monoisotopic (exact) mass is 322 g/mol. The summed E-state index contributed by atoms with van der Waals surface area (Å²) in [6.07, 6.45) is -2.99. The van der Waals surface area contributed by atoms with Crippen LogP contribution in [0, 0.1) is 5.92 Å². The molecule has 0 aromatic carbocycles. The smallest absolute Gasteiger partial charge is 0.444 e. The largest absolute Gasteiger partial charge is 0.471 e. The molecule has 2 fully saturated rings. The van der Waals surface area contributed by atoms with Crippen LogP contribution in [0.25, 0.3) is 0 Å². The van der Waals surface area contributed by atoms with Crippen LogP contribution >= 0.6 is 0 Å². The van der Waals surface area contributed by atoms with E-state index in [2.05, 4.69) is 0 Å². The Hall–Kier alpha value is -1.47. The second-order valence-corrected chi connectivity index (χ2v) is 6.89. The fourth-order valence-electron chi connectivity index (χ4n) is 3.25. The summed E-state index contributed by atoms with van der Waals surface area (Å²) in [7, 11) is 0. The number of hydrogen-bond acceptors (Lipinski definition) is 3. The van der Waals surface area contributed by atoms with Crippen LogP contribution in [0.4, 0.5) is 18.0 Å². The van der Waals surface area contributed by atoms with Crippen molar-refractivity contribution >= 4 is 12.0 Å². The highest BCUT2D eigenvalue weighted by molar-refractivity contribution is 5.81. The quantitative estimate of drug-likeness (QED) is 0.849. The lowest BCUT2D eigenvalue weighted by atomic mass is 9.99. The molecule has 126 valence electrons. The lowest BCUT2D eigenvalue weighted by molar-refractivity contribution is -0.173. The zero-order chi connectivity index (χ0) is 16.7. The van der Waals surface area contributed by atoms with Crippen molar-refractivity contribution in [3.63, 3.8) is 0 Å². The van der Waals surface area contributed by atoms with Crippen molar-refractivity contribution in [1.29, 1.82) is 0 Å². The van der Waals surface area contributed by atoms with E-state index >= 15 is 0 Å². The number of piperidine rings is 1. The molecule has 1 aliphatic carbocycles. The number of alkyl halides is 3. The molecular formula is C14H21F3N2O3. The third kappa shape index (κ3) is 3.64. The van der Waals surface area contributed by atoms with Gasteiger partial charge in [0.05, 0.1) is 6.04 Å². The summed E-state index contributed by atoms with van der Waals surface area (Å²) in [5, 5.41) is 1.88. The highest BCUT2D eigenvalue weighted by atomic mass is 19.4. The van der Waals surface area contributed by atoms with Gasteiger partial charge in [0.15, 0.2) is 0 Å². The van der Waals surface area contributed by atoms with Crippen LogP contribution < -0.4 is 5.32 Å². The van der Waals surface area contributed by atoms with Crippen LogP contribution in [0.2, 0.25) is 0 Å².